The van der Waals surface area contributed by atoms with Crippen molar-refractivity contribution < 1.29 is 9.57 Å². The maximum Gasteiger partial charge on any atom is 0.121 e. The first-order valence-electron chi connectivity index (χ1n) is 3.73. The second-order valence-corrected chi connectivity index (χ2v) is 2.61. The minimum atomic E-state index is 0. The van der Waals surface area contributed by atoms with E-state index in [4.69, 9.17) is 10.6 Å². The zero-order valence-electron chi connectivity index (χ0n) is 7.33. The molecule has 74 valence electrons. The first-order chi connectivity index (χ1) is 5.77. The Morgan fingerprint density at radius 3 is 2.54 bits per heavy atom. The fourth-order valence-corrected chi connectivity index (χ4v) is 1.13. The van der Waals surface area contributed by atoms with E-state index < -0.39 is 0 Å². The number of hydrogen-bond donors (Lipinski definition) is 1. The van der Waals surface area contributed by atoms with Crippen LogP contribution in [0.25, 0.3) is 0 Å². The molecule has 0 saturated heterocycles. The normalized spacial score (nSPS) is 9.15. The van der Waals surface area contributed by atoms with Gasteiger partial charge in [-0.1, -0.05) is 19.6 Å². The van der Waals surface area contributed by atoms with Crippen molar-refractivity contribution in [2.24, 2.45) is 5.90 Å². The summed E-state index contributed by atoms with van der Waals surface area (Å²) in [6.45, 7) is 2.42. The maximum atomic E-state index is 5.11. The van der Waals surface area contributed by atoms with Crippen LogP contribution in [-0.4, -0.2) is 7.11 Å². The highest BCUT2D eigenvalue weighted by Gasteiger charge is 1.98. The lowest BCUT2D eigenvalue weighted by molar-refractivity contribution is 0.124. The number of hydrogen-bond acceptors (Lipinski definition) is 3. The van der Waals surface area contributed by atoms with Crippen LogP contribution in [0.5, 0.6) is 5.75 Å². The Labute approximate surface area is 79.4 Å². The van der Waals surface area contributed by atoms with E-state index in [1.54, 1.807) is 7.11 Å². The fourth-order valence-electron chi connectivity index (χ4n) is 1.13. The molecule has 0 radical (unpaired) electrons. The Kier molecular flexibility index (Phi) is 5.11. The molecule has 0 aliphatic rings. The summed E-state index contributed by atoms with van der Waals surface area (Å²) in [6, 6.07) is 5.83. The average Bonchev–Trinajstić information content (AvgIpc) is 2.05. The number of rotatable bonds is 3. The summed E-state index contributed by atoms with van der Waals surface area (Å²) in [5, 5.41) is 0. The van der Waals surface area contributed by atoms with E-state index in [0.717, 1.165) is 16.9 Å². The quantitative estimate of drug-likeness (QED) is 0.729. The van der Waals surface area contributed by atoms with Gasteiger partial charge in [0.2, 0.25) is 0 Å². The molecule has 1 rings (SSSR count). The molecule has 0 aliphatic heterocycles. The SMILES string of the molecule is C.COc1ccc(CON)cc1C. The molecule has 1 aromatic carbocycles. The van der Waals surface area contributed by atoms with Gasteiger partial charge in [0.15, 0.2) is 0 Å². The van der Waals surface area contributed by atoms with Gasteiger partial charge in [-0.3, -0.25) is 4.84 Å². The molecule has 0 spiro atoms. The minimum absolute atomic E-state index is 0. The summed E-state index contributed by atoms with van der Waals surface area (Å²) in [5.74, 6) is 5.83. The van der Waals surface area contributed by atoms with Crippen molar-refractivity contribution in [1.82, 2.24) is 0 Å². The summed E-state index contributed by atoms with van der Waals surface area (Å²) < 4.78 is 5.11. The van der Waals surface area contributed by atoms with Crippen LogP contribution in [0.3, 0.4) is 0 Å². The number of nitrogens with two attached hydrogens (primary N) is 1. The minimum Gasteiger partial charge on any atom is -0.496 e. The predicted molar refractivity (Wildman–Crippen MR) is 53.4 cm³/mol. The number of benzene rings is 1. The molecule has 0 amide bonds. The van der Waals surface area contributed by atoms with E-state index in [2.05, 4.69) is 4.84 Å². The van der Waals surface area contributed by atoms with Gasteiger partial charge in [0.05, 0.1) is 13.7 Å². The molecular weight excluding hydrogens is 166 g/mol. The second kappa shape index (κ2) is 5.56. The van der Waals surface area contributed by atoms with Crippen molar-refractivity contribution in [2.45, 2.75) is 21.0 Å². The zero-order chi connectivity index (χ0) is 8.97. The van der Waals surface area contributed by atoms with Crippen LogP contribution >= 0.6 is 0 Å². The highest BCUT2D eigenvalue weighted by molar-refractivity contribution is 5.35. The molecule has 3 nitrogen and oxygen atoms in total. The monoisotopic (exact) mass is 183 g/mol. The summed E-state index contributed by atoms with van der Waals surface area (Å²) >= 11 is 0. The van der Waals surface area contributed by atoms with E-state index in [1.165, 1.54) is 0 Å². The molecule has 0 aliphatic carbocycles. The van der Waals surface area contributed by atoms with E-state index in [0.29, 0.717) is 6.61 Å². The average molecular weight is 183 g/mol. The van der Waals surface area contributed by atoms with E-state index in [9.17, 15) is 0 Å². The van der Waals surface area contributed by atoms with Gasteiger partial charge >= 0.3 is 0 Å². The van der Waals surface area contributed by atoms with Gasteiger partial charge in [0.1, 0.15) is 5.75 Å². The van der Waals surface area contributed by atoms with Gasteiger partial charge in [-0.15, -0.1) is 0 Å². The van der Waals surface area contributed by atoms with Crippen LogP contribution < -0.4 is 10.6 Å². The van der Waals surface area contributed by atoms with Crippen molar-refractivity contribution in [3.05, 3.63) is 29.3 Å². The van der Waals surface area contributed by atoms with Gasteiger partial charge < -0.3 is 4.74 Å². The predicted octanol–water partition coefficient (Wildman–Crippen LogP) is 2.03. The van der Waals surface area contributed by atoms with E-state index in [-0.39, 0.29) is 7.43 Å². The van der Waals surface area contributed by atoms with Gasteiger partial charge in [-0.2, -0.15) is 0 Å². The van der Waals surface area contributed by atoms with Crippen molar-refractivity contribution in [3.8, 4) is 5.75 Å². The van der Waals surface area contributed by atoms with Crippen LogP contribution in [0, 0.1) is 6.92 Å². The Balaban J connectivity index is 0.00000144. The second-order valence-electron chi connectivity index (χ2n) is 2.61. The maximum absolute atomic E-state index is 5.11. The molecular formula is C10H17NO2. The molecule has 0 fully saturated rings. The van der Waals surface area contributed by atoms with Gasteiger partial charge in [0.25, 0.3) is 0 Å². The van der Waals surface area contributed by atoms with Crippen LogP contribution in [0.15, 0.2) is 18.2 Å². The van der Waals surface area contributed by atoms with Crippen LogP contribution in [0.2, 0.25) is 0 Å². The lowest BCUT2D eigenvalue weighted by Gasteiger charge is -2.05. The van der Waals surface area contributed by atoms with Crippen molar-refractivity contribution in [1.29, 1.82) is 0 Å². The smallest absolute Gasteiger partial charge is 0.121 e. The van der Waals surface area contributed by atoms with E-state index >= 15 is 0 Å². The van der Waals surface area contributed by atoms with Gasteiger partial charge in [-0.25, -0.2) is 5.90 Å². The molecule has 0 unspecified atom stereocenters. The largest absolute Gasteiger partial charge is 0.496 e. The topological polar surface area (TPSA) is 44.5 Å². The first kappa shape index (κ1) is 11.9. The highest BCUT2D eigenvalue weighted by atomic mass is 16.6. The van der Waals surface area contributed by atoms with Crippen LogP contribution in [-0.2, 0) is 11.4 Å². The molecule has 0 aromatic heterocycles. The molecule has 0 bridgehead atoms. The van der Waals surface area contributed by atoms with Crippen molar-refractivity contribution >= 4 is 0 Å². The summed E-state index contributed by atoms with van der Waals surface area (Å²) in [4.78, 5) is 4.52. The third kappa shape index (κ3) is 3.05. The molecule has 1 aromatic rings. The lowest BCUT2D eigenvalue weighted by Crippen LogP contribution is -1.99. The first-order valence-corrected chi connectivity index (χ1v) is 3.73. The molecule has 2 N–H and O–H groups in total. The third-order valence-corrected chi connectivity index (χ3v) is 1.71. The summed E-state index contributed by atoms with van der Waals surface area (Å²) in [5.41, 5.74) is 2.14. The van der Waals surface area contributed by atoms with Crippen LogP contribution in [0.1, 0.15) is 18.6 Å². The number of methoxy groups -OCH3 is 1. The zero-order valence-corrected chi connectivity index (χ0v) is 7.33. The van der Waals surface area contributed by atoms with E-state index in [1.807, 2.05) is 25.1 Å². The molecule has 0 saturated carbocycles. The number of aryl methyl sites for hydroxylation is 1. The lowest BCUT2D eigenvalue weighted by atomic mass is 10.1. The highest BCUT2D eigenvalue weighted by Crippen LogP contribution is 2.18. The Morgan fingerprint density at radius 1 is 1.38 bits per heavy atom. The molecule has 3 heteroatoms. The fraction of sp³-hybridized carbons (Fsp3) is 0.400. The van der Waals surface area contributed by atoms with Gasteiger partial charge in [0, 0.05) is 0 Å². The Bertz CT molecular complexity index is 261. The standard InChI is InChI=1S/C9H13NO2.CH4/c1-7-5-8(6-12-10)3-4-9(7)11-2;/h3-5H,6,10H2,1-2H3;1H4. The molecule has 0 atom stereocenters. The van der Waals surface area contributed by atoms with Crippen molar-refractivity contribution in [2.75, 3.05) is 7.11 Å². The van der Waals surface area contributed by atoms with Crippen molar-refractivity contribution in [3.63, 3.8) is 0 Å². The molecule has 0 heterocycles. The summed E-state index contributed by atoms with van der Waals surface area (Å²) in [6.07, 6.45) is 0. The summed E-state index contributed by atoms with van der Waals surface area (Å²) in [7, 11) is 1.65. The Hall–Kier alpha value is -1.06. The Morgan fingerprint density at radius 2 is 2.08 bits per heavy atom. The van der Waals surface area contributed by atoms with Gasteiger partial charge in [-0.05, 0) is 24.1 Å². The third-order valence-electron chi connectivity index (χ3n) is 1.71. The van der Waals surface area contributed by atoms with Crippen LogP contribution in [0.4, 0.5) is 0 Å². The molecule has 13 heavy (non-hydrogen) atoms. The number of ether oxygens (including phenoxy) is 1.